The van der Waals surface area contributed by atoms with Crippen molar-refractivity contribution < 1.29 is 9.18 Å². The van der Waals surface area contributed by atoms with Gasteiger partial charge in [-0.15, -0.1) is 10.2 Å². The van der Waals surface area contributed by atoms with Gasteiger partial charge in [-0.1, -0.05) is 18.2 Å². The first-order valence-electron chi connectivity index (χ1n) is 11.1. The number of halogens is 1. The average Bonchev–Trinajstić information content (AvgIpc) is 3.40. The summed E-state index contributed by atoms with van der Waals surface area (Å²) in [5.74, 6) is 0.348. The molecule has 0 radical (unpaired) electrons. The van der Waals surface area contributed by atoms with Gasteiger partial charge in [0.15, 0.2) is 11.0 Å². The highest BCUT2D eigenvalue weighted by Crippen LogP contribution is 2.24. The van der Waals surface area contributed by atoms with Crippen molar-refractivity contribution in [1.29, 1.82) is 0 Å². The second-order valence-corrected chi connectivity index (χ2v) is 9.17. The molecule has 0 atom stereocenters. The molecule has 176 valence electrons. The summed E-state index contributed by atoms with van der Waals surface area (Å²) in [6, 6.07) is 11.4. The topological polar surface area (TPSA) is 112 Å². The number of hydrogen-bond acceptors (Lipinski definition) is 6. The van der Waals surface area contributed by atoms with E-state index in [2.05, 4.69) is 30.4 Å². The van der Waals surface area contributed by atoms with E-state index < -0.39 is 0 Å². The third kappa shape index (κ3) is 5.05. The molecular formula is C23H24FN7O2S. The number of hydrogen-bond donors (Lipinski definition) is 3. The van der Waals surface area contributed by atoms with Crippen LogP contribution >= 0.6 is 11.8 Å². The Kier molecular flexibility index (Phi) is 6.45. The van der Waals surface area contributed by atoms with E-state index >= 15 is 0 Å². The molecule has 1 fully saturated rings. The maximum atomic E-state index is 13.5. The summed E-state index contributed by atoms with van der Waals surface area (Å²) < 4.78 is 15.4. The maximum absolute atomic E-state index is 13.5. The summed E-state index contributed by atoms with van der Waals surface area (Å²) in [4.78, 5) is 31.7. The highest BCUT2D eigenvalue weighted by Gasteiger charge is 2.19. The number of imidazole rings is 1. The summed E-state index contributed by atoms with van der Waals surface area (Å²) in [7, 11) is 0. The molecule has 0 saturated carbocycles. The first-order chi connectivity index (χ1) is 16.5. The van der Waals surface area contributed by atoms with Gasteiger partial charge in [0.2, 0.25) is 5.91 Å². The van der Waals surface area contributed by atoms with Crippen LogP contribution in [-0.4, -0.2) is 54.4 Å². The lowest BCUT2D eigenvalue weighted by molar-refractivity contribution is -0.113. The second-order valence-electron chi connectivity index (χ2n) is 8.22. The SMILES string of the molecule is O=C(CSc1nnc(CN2CCCCC2)n1-c1ccc(F)cc1)Nc1ccc2[nH]c(=O)[nH]c2c1. The van der Waals surface area contributed by atoms with Crippen LogP contribution in [0, 0.1) is 5.82 Å². The van der Waals surface area contributed by atoms with Gasteiger partial charge in [0.05, 0.1) is 23.3 Å². The van der Waals surface area contributed by atoms with Gasteiger partial charge in [-0.25, -0.2) is 9.18 Å². The minimum atomic E-state index is -0.316. The highest BCUT2D eigenvalue weighted by atomic mass is 32.2. The van der Waals surface area contributed by atoms with Crippen molar-refractivity contribution in [3.05, 3.63) is 64.6 Å². The molecule has 1 aliphatic rings. The number of amides is 1. The Balaban J connectivity index is 1.32. The van der Waals surface area contributed by atoms with Gasteiger partial charge in [-0.2, -0.15) is 0 Å². The van der Waals surface area contributed by atoms with Gasteiger partial charge in [0, 0.05) is 11.4 Å². The normalized spacial score (nSPS) is 14.5. The fraction of sp³-hybridized carbons (Fsp3) is 0.304. The van der Waals surface area contributed by atoms with Gasteiger partial charge in [-0.3, -0.25) is 14.3 Å². The molecule has 0 aliphatic carbocycles. The number of benzene rings is 2. The third-order valence-corrected chi connectivity index (χ3v) is 6.66. The summed E-state index contributed by atoms with van der Waals surface area (Å²) in [5.41, 5.74) is 2.33. The minimum Gasteiger partial charge on any atom is -0.325 e. The van der Waals surface area contributed by atoms with Crippen LogP contribution in [0.25, 0.3) is 16.7 Å². The van der Waals surface area contributed by atoms with E-state index in [4.69, 9.17) is 0 Å². The molecule has 5 rings (SSSR count). The number of nitrogens with one attached hydrogen (secondary N) is 3. The average molecular weight is 482 g/mol. The zero-order valence-electron chi connectivity index (χ0n) is 18.4. The number of nitrogens with zero attached hydrogens (tertiary/aromatic N) is 4. The number of H-pyrrole nitrogens is 2. The Hall–Kier alpha value is -3.44. The Labute approximate surface area is 198 Å². The van der Waals surface area contributed by atoms with Crippen LogP contribution in [0.2, 0.25) is 0 Å². The van der Waals surface area contributed by atoms with E-state index in [-0.39, 0.29) is 23.2 Å². The molecule has 0 spiro atoms. The van der Waals surface area contributed by atoms with Crippen molar-refractivity contribution in [2.24, 2.45) is 0 Å². The first-order valence-corrected chi connectivity index (χ1v) is 12.1. The second kappa shape index (κ2) is 9.82. The first kappa shape index (κ1) is 22.4. The van der Waals surface area contributed by atoms with Crippen molar-refractivity contribution >= 4 is 34.4 Å². The molecule has 2 aromatic heterocycles. The van der Waals surface area contributed by atoms with Crippen molar-refractivity contribution in [2.45, 2.75) is 31.0 Å². The molecule has 1 aliphatic heterocycles. The molecular weight excluding hydrogens is 457 g/mol. The van der Waals surface area contributed by atoms with Crippen LogP contribution in [-0.2, 0) is 11.3 Å². The lowest BCUT2D eigenvalue weighted by atomic mass is 10.1. The number of carbonyl (C=O) groups is 1. The summed E-state index contributed by atoms with van der Waals surface area (Å²) in [6.07, 6.45) is 3.56. The zero-order chi connectivity index (χ0) is 23.5. The Bertz CT molecular complexity index is 1360. The standard InChI is InChI=1S/C23H24FN7O2S/c24-15-4-7-17(8-5-15)31-20(13-30-10-2-1-3-11-30)28-29-23(31)34-14-21(32)25-16-6-9-18-19(12-16)27-22(33)26-18/h4-9,12H,1-3,10-11,13-14H2,(H,25,32)(H2,26,27,33). The number of aromatic amines is 2. The Morgan fingerprint density at radius 1 is 1.03 bits per heavy atom. The maximum Gasteiger partial charge on any atom is 0.323 e. The molecule has 1 amide bonds. The van der Waals surface area contributed by atoms with Gasteiger partial charge >= 0.3 is 5.69 Å². The van der Waals surface area contributed by atoms with Crippen LogP contribution in [0.5, 0.6) is 0 Å². The molecule has 3 heterocycles. The fourth-order valence-corrected chi connectivity index (χ4v) is 4.87. The van der Waals surface area contributed by atoms with Crippen LogP contribution in [0.1, 0.15) is 25.1 Å². The molecule has 11 heteroatoms. The summed E-state index contributed by atoms with van der Waals surface area (Å²) >= 11 is 1.27. The van der Waals surface area contributed by atoms with Crippen molar-refractivity contribution in [3.8, 4) is 5.69 Å². The molecule has 0 unspecified atom stereocenters. The van der Waals surface area contributed by atoms with E-state index in [9.17, 15) is 14.0 Å². The molecule has 3 N–H and O–H groups in total. The highest BCUT2D eigenvalue weighted by molar-refractivity contribution is 7.99. The molecule has 2 aromatic carbocycles. The van der Waals surface area contributed by atoms with Crippen LogP contribution in [0.4, 0.5) is 10.1 Å². The quantitative estimate of drug-likeness (QED) is 0.349. The van der Waals surface area contributed by atoms with E-state index in [0.717, 1.165) is 37.4 Å². The van der Waals surface area contributed by atoms with E-state index in [0.29, 0.717) is 28.4 Å². The van der Waals surface area contributed by atoms with Gasteiger partial charge in [0.1, 0.15) is 5.82 Å². The minimum absolute atomic E-state index is 0.116. The Morgan fingerprint density at radius 3 is 2.59 bits per heavy atom. The molecule has 9 nitrogen and oxygen atoms in total. The number of rotatable bonds is 7. The van der Waals surface area contributed by atoms with E-state index in [1.54, 1.807) is 30.3 Å². The number of anilines is 1. The van der Waals surface area contributed by atoms with Crippen LogP contribution in [0.15, 0.2) is 52.4 Å². The lowest BCUT2D eigenvalue weighted by Crippen LogP contribution is -2.30. The summed E-state index contributed by atoms with van der Waals surface area (Å²) in [6.45, 7) is 2.67. The van der Waals surface area contributed by atoms with Gasteiger partial charge < -0.3 is 15.3 Å². The molecule has 1 saturated heterocycles. The number of aromatic nitrogens is 5. The van der Waals surface area contributed by atoms with Crippen molar-refractivity contribution in [1.82, 2.24) is 29.6 Å². The molecule has 0 bridgehead atoms. The van der Waals surface area contributed by atoms with E-state index in [1.807, 2.05) is 4.57 Å². The largest absolute Gasteiger partial charge is 0.325 e. The molecule has 4 aromatic rings. The summed E-state index contributed by atoms with van der Waals surface area (Å²) in [5, 5.41) is 12.1. The van der Waals surface area contributed by atoms with Crippen molar-refractivity contribution in [3.63, 3.8) is 0 Å². The third-order valence-electron chi connectivity index (χ3n) is 5.73. The number of carbonyl (C=O) groups excluding carboxylic acids is 1. The van der Waals surface area contributed by atoms with Crippen LogP contribution in [0.3, 0.4) is 0 Å². The number of fused-ring (bicyclic) bond motifs is 1. The smallest absolute Gasteiger partial charge is 0.323 e. The van der Waals surface area contributed by atoms with Crippen LogP contribution < -0.4 is 11.0 Å². The Morgan fingerprint density at radius 2 is 1.79 bits per heavy atom. The van der Waals surface area contributed by atoms with E-state index in [1.165, 1.54) is 30.3 Å². The number of likely N-dealkylation sites (tertiary alicyclic amines) is 1. The number of piperidine rings is 1. The van der Waals surface area contributed by atoms with Gasteiger partial charge in [-0.05, 0) is 68.4 Å². The predicted molar refractivity (Wildman–Crippen MR) is 129 cm³/mol. The zero-order valence-corrected chi connectivity index (χ0v) is 19.2. The van der Waals surface area contributed by atoms with Crippen molar-refractivity contribution in [2.75, 3.05) is 24.2 Å². The monoisotopic (exact) mass is 481 g/mol. The van der Waals surface area contributed by atoms with Gasteiger partial charge in [0.25, 0.3) is 0 Å². The number of thioether (sulfide) groups is 1. The molecule has 34 heavy (non-hydrogen) atoms. The fourth-order valence-electron chi connectivity index (χ4n) is 4.10. The predicted octanol–water partition coefficient (Wildman–Crippen LogP) is 3.29. The lowest BCUT2D eigenvalue weighted by Gasteiger charge is -2.26.